The molecule has 2 aliphatic rings. The van der Waals surface area contributed by atoms with Crippen molar-refractivity contribution in [3.63, 3.8) is 0 Å². The van der Waals surface area contributed by atoms with Crippen molar-refractivity contribution in [3.05, 3.63) is 34.9 Å². The first-order valence-corrected chi connectivity index (χ1v) is 11.0. The van der Waals surface area contributed by atoms with Crippen molar-refractivity contribution in [2.75, 3.05) is 60.2 Å². The van der Waals surface area contributed by atoms with Gasteiger partial charge in [0.2, 0.25) is 0 Å². The summed E-state index contributed by atoms with van der Waals surface area (Å²) in [6.45, 7) is 5.91. The number of ether oxygens (including phenoxy) is 2. The minimum absolute atomic E-state index is 0. The van der Waals surface area contributed by atoms with Crippen LogP contribution in [0.15, 0.2) is 29.3 Å². The summed E-state index contributed by atoms with van der Waals surface area (Å²) in [6.07, 6.45) is 4.94. The summed E-state index contributed by atoms with van der Waals surface area (Å²) in [5, 5.41) is 7.87. The van der Waals surface area contributed by atoms with E-state index in [1.807, 2.05) is 19.2 Å². The third-order valence-corrected chi connectivity index (χ3v) is 6.52. The SMILES string of the molecule is CN=C(NCC(c1cccc(Cl)c1)N1CCOCC1)NCC1(CCOC)CCC1.I. The quantitative estimate of drug-likeness (QED) is 0.279. The Morgan fingerprint density at radius 3 is 2.67 bits per heavy atom. The molecule has 1 aromatic carbocycles. The lowest BCUT2D eigenvalue weighted by molar-refractivity contribution is 0.0169. The molecule has 0 radical (unpaired) electrons. The van der Waals surface area contributed by atoms with Crippen LogP contribution in [0.1, 0.15) is 37.3 Å². The van der Waals surface area contributed by atoms with Crippen molar-refractivity contribution in [3.8, 4) is 0 Å². The van der Waals surface area contributed by atoms with E-state index in [1.165, 1.54) is 24.8 Å². The number of morpholine rings is 1. The van der Waals surface area contributed by atoms with Gasteiger partial charge in [-0.15, -0.1) is 24.0 Å². The summed E-state index contributed by atoms with van der Waals surface area (Å²) in [5.74, 6) is 0.856. The Bertz CT molecular complexity index is 666. The number of aliphatic imine (C=N–C) groups is 1. The van der Waals surface area contributed by atoms with Gasteiger partial charge in [0.05, 0.1) is 19.3 Å². The second-order valence-corrected chi connectivity index (χ2v) is 8.56. The lowest BCUT2D eigenvalue weighted by Crippen LogP contribution is -2.49. The molecule has 30 heavy (non-hydrogen) atoms. The molecule has 1 aromatic rings. The molecular weight excluding hydrogens is 515 g/mol. The molecule has 1 aliphatic carbocycles. The van der Waals surface area contributed by atoms with Gasteiger partial charge in [0, 0.05) is 52.0 Å². The Balaban J connectivity index is 0.00000320. The Kier molecular flexibility index (Phi) is 11.2. The van der Waals surface area contributed by atoms with E-state index in [2.05, 4.69) is 32.7 Å². The van der Waals surface area contributed by atoms with Crippen LogP contribution < -0.4 is 10.6 Å². The maximum absolute atomic E-state index is 6.27. The van der Waals surface area contributed by atoms with Crippen LogP contribution in [0, 0.1) is 5.41 Å². The maximum atomic E-state index is 6.27. The average Bonchev–Trinajstić information content (AvgIpc) is 2.72. The van der Waals surface area contributed by atoms with Gasteiger partial charge in [0.25, 0.3) is 0 Å². The van der Waals surface area contributed by atoms with E-state index in [1.54, 1.807) is 7.11 Å². The van der Waals surface area contributed by atoms with Gasteiger partial charge in [-0.1, -0.05) is 30.2 Å². The molecule has 1 unspecified atom stereocenters. The molecule has 3 rings (SSSR count). The molecule has 0 spiro atoms. The molecule has 0 amide bonds. The van der Waals surface area contributed by atoms with Crippen LogP contribution in [0.4, 0.5) is 0 Å². The van der Waals surface area contributed by atoms with Gasteiger partial charge in [0.1, 0.15) is 0 Å². The first kappa shape index (κ1) is 25.6. The monoisotopic (exact) mass is 550 g/mol. The minimum Gasteiger partial charge on any atom is -0.385 e. The van der Waals surface area contributed by atoms with Crippen LogP contribution in [-0.4, -0.2) is 71.0 Å². The van der Waals surface area contributed by atoms with E-state index in [9.17, 15) is 0 Å². The number of nitrogens with zero attached hydrogens (tertiary/aromatic N) is 2. The fraction of sp³-hybridized carbons (Fsp3) is 0.682. The number of halogens is 2. The first-order chi connectivity index (χ1) is 14.2. The second-order valence-electron chi connectivity index (χ2n) is 8.12. The van der Waals surface area contributed by atoms with Gasteiger partial charge in [-0.2, -0.15) is 0 Å². The normalized spacial score (nSPS) is 20.0. The third-order valence-electron chi connectivity index (χ3n) is 6.29. The number of hydrogen-bond acceptors (Lipinski definition) is 4. The first-order valence-electron chi connectivity index (χ1n) is 10.7. The van der Waals surface area contributed by atoms with Crippen LogP contribution in [0.3, 0.4) is 0 Å². The van der Waals surface area contributed by atoms with Crippen molar-refractivity contribution in [2.45, 2.75) is 31.7 Å². The van der Waals surface area contributed by atoms with E-state index < -0.39 is 0 Å². The molecule has 0 bridgehead atoms. The van der Waals surface area contributed by atoms with Gasteiger partial charge >= 0.3 is 0 Å². The van der Waals surface area contributed by atoms with Crippen LogP contribution in [0.25, 0.3) is 0 Å². The number of rotatable bonds is 9. The number of methoxy groups -OCH3 is 1. The average molecular weight is 551 g/mol. The Morgan fingerprint density at radius 2 is 2.07 bits per heavy atom. The molecule has 8 heteroatoms. The summed E-state index contributed by atoms with van der Waals surface area (Å²) in [4.78, 5) is 6.91. The molecule has 0 aromatic heterocycles. The van der Waals surface area contributed by atoms with Crippen LogP contribution in [-0.2, 0) is 9.47 Å². The molecule has 1 saturated carbocycles. The Labute approximate surface area is 203 Å². The third kappa shape index (κ3) is 7.22. The van der Waals surface area contributed by atoms with Crippen LogP contribution >= 0.6 is 35.6 Å². The van der Waals surface area contributed by atoms with Gasteiger partial charge in [-0.05, 0) is 42.4 Å². The summed E-state index contributed by atoms with van der Waals surface area (Å²) >= 11 is 6.27. The van der Waals surface area contributed by atoms with E-state index in [-0.39, 0.29) is 30.0 Å². The zero-order chi connectivity index (χ0) is 20.5. The van der Waals surface area contributed by atoms with Gasteiger partial charge in [-0.25, -0.2) is 0 Å². The summed E-state index contributed by atoms with van der Waals surface area (Å²) < 4.78 is 10.9. The van der Waals surface area contributed by atoms with Crippen molar-refractivity contribution >= 4 is 41.5 Å². The molecule has 6 nitrogen and oxygen atoms in total. The standard InChI is InChI=1S/C22H35ClN4O2.HI/c1-24-21(26-17-22(7-4-8-22)9-12-28-2)25-16-20(27-10-13-29-14-11-27)18-5-3-6-19(23)15-18;/h3,5-6,15,20H,4,7-14,16-17H2,1-2H3,(H2,24,25,26);1H. The zero-order valence-electron chi connectivity index (χ0n) is 18.2. The highest BCUT2D eigenvalue weighted by molar-refractivity contribution is 14.0. The predicted octanol–water partition coefficient (Wildman–Crippen LogP) is 3.70. The molecule has 1 heterocycles. The number of benzene rings is 1. The van der Waals surface area contributed by atoms with Crippen LogP contribution in [0.2, 0.25) is 5.02 Å². The topological polar surface area (TPSA) is 58.1 Å². The fourth-order valence-corrected chi connectivity index (χ4v) is 4.46. The van der Waals surface area contributed by atoms with Gasteiger partial charge < -0.3 is 20.1 Å². The lowest BCUT2D eigenvalue weighted by atomic mass is 9.67. The molecule has 170 valence electrons. The maximum Gasteiger partial charge on any atom is 0.191 e. The lowest BCUT2D eigenvalue weighted by Gasteiger charge is -2.42. The fourth-order valence-electron chi connectivity index (χ4n) is 4.26. The molecular formula is C22H36ClIN4O2. The molecule has 2 N–H and O–H groups in total. The van der Waals surface area contributed by atoms with Gasteiger partial charge in [0.15, 0.2) is 5.96 Å². The van der Waals surface area contributed by atoms with Gasteiger partial charge in [-0.3, -0.25) is 9.89 Å². The number of hydrogen-bond donors (Lipinski definition) is 2. The highest BCUT2D eigenvalue weighted by atomic mass is 127. The van der Waals surface area contributed by atoms with E-state index in [0.717, 1.165) is 63.4 Å². The predicted molar refractivity (Wildman–Crippen MR) is 134 cm³/mol. The van der Waals surface area contributed by atoms with E-state index in [0.29, 0.717) is 5.41 Å². The highest BCUT2D eigenvalue weighted by Crippen LogP contribution is 2.43. The molecule has 2 fully saturated rings. The van der Waals surface area contributed by atoms with Crippen LogP contribution in [0.5, 0.6) is 0 Å². The Morgan fingerprint density at radius 1 is 1.30 bits per heavy atom. The van der Waals surface area contributed by atoms with E-state index >= 15 is 0 Å². The van der Waals surface area contributed by atoms with E-state index in [4.69, 9.17) is 21.1 Å². The summed E-state index contributed by atoms with van der Waals surface area (Å²) in [5.41, 5.74) is 1.57. The van der Waals surface area contributed by atoms with Crippen molar-refractivity contribution < 1.29 is 9.47 Å². The molecule has 1 saturated heterocycles. The molecule has 1 atom stereocenters. The van der Waals surface area contributed by atoms with Crippen molar-refractivity contribution in [1.29, 1.82) is 0 Å². The molecule has 1 aliphatic heterocycles. The number of nitrogens with one attached hydrogen (secondary N) is 2. The largest absolute Gasteiger partial charge is 0.385 e. The highest BCUT2D eigenvalue weighted by Gasteiger charge is 2.36. The Hall–Kier alpha value is -0.610. The zero-order valence-corrected chi connectivity index (χ0v) is 21.2. The number of guanidine groups is 1. The van der Waals surface area contributed by atoms with Crippen molar-refractivity contribution in [1.82, 2.24) is 15.5 Å². The minimum atomic E-state index is 0. The summed E-state index contributed by atoms with van der Waals surface area (Å²) in [6, 6.07) is 8.38. The summed E-state index contributed by atoms with van der Waals surface area (Å²) in [7, 11) is 3.61. The smallest absolute Gasteiger partial charge is 0.191 e. The van der Waals surface area contributed by atoms with Crippen molar-refractivity contribution in [2.24, 2.45) is 10.4 Å². The second kappa shape index (κ2) is 13.1.